The van der Waals surface area contributed by atoms with Gasteiger partial charge in [0.2, 0.25) is 0 Å². The number of carbonyl (C=O) groups excluding carboxylic acids is 1. The van der Waals surface area contributed by atoms with Crippen LogP contribution in [0.15, 0.2) is 65.4 Å². The maximum Gasteiger partial charge on any atom is 0.270 e. The zero-order valence-corrected chi connectivity index (χ0v) is 15.3. The maximum absolute atomic E-state index is 14.0. The molecule has 1 N–H and O–H groups in total. The molecule has 28 heavy (non-hydrogen) atoms. The molecular weight excluding hydrogens is 359 g/mol. The van der Waals surface area contributed by atoms with Crippen LogP contribution >= 0.6 is 0 Å². The van der Waals surface area contributed by atoms with Crippen molar-refractivity contribution in [2.75, 3.05) is 36.0 Å². The first-order valence-corrected chi connectivity index (χ1v) is 9.22. The highest BCUT2D eigenvalue weighted by molar-refractivity contribution is 5.93. The van der Waals surface area contributed by atoms with E-state index in [2.05, 4.69) is 15.2 Å². The van der Waals surface area contributed by atoms with Crippen molar-refractivity contribution < 1.29 is 13.6 Å². The molecule has 3 heterocycles. The summed E-state index contributed by atoms with van der Waals surface area (Å²) in [7, 11) is 0. The number of halogens is 1. The number of benzene rings is 1. The van der Waals surface area contributed by atoms with Crippen LogP contribution < -0.4 is 15.1 Å². The number of rotatable bonds is 5. The van der Waals surface area contributed by atoms with Gasteiger partial charge in [0.05, 0.1) is 18.5 Å². The lowest BCUT2D eigenvalue weighted by atomic mass is 10.2. The highest BCUT2D eigenvalue weighted by Gasteiger charge is 2.20. The fourth-order valence-electron chi connectivity index (χ4n) is 3.33. The molecule has 1 aliphatic heterocycles. The van der Waals surface area contributed by atoms with Crippen molar-refractivity contribution in [3.05, 3.63) is 78.3 Å². The van der Waals surface area contributed by atoms with Crippen LogP contribution in [0.5, 0.6) is 0 Å². The molecule has 1 aliphatic rings. The Labute approximate surface area is 162 Å². The summed E-state index contributed by atoms with van der Waals surface area (Å²) in [5.41, 5.74) is 1.93. The van der Waals surface area contributed by atoms with Gasteiger partial charge < -0.3 is 19.5 Å². The Bertz CT molecular complexity index is 937. The molecule has 4 rings (SSSR count). The summed E-state index contributed by atoms with van der Waals surface area (Å²) in [6, 6.07) is 14.1. The van der Waals surface area contributed by atoms with E-state index >= 15 is 0 Å². The monoisotopic (exact) mass is 380 g/mol. The van der Waals surface area contributed by atoms with Crippen molar-refractivity contribution in [2.24, 2.45) is 0 Å². The number of hydrogen-bond acceptors (Lipinski definition) is 5. The van der Waals surface area contributed by atoms with Crippen LogP contribution in [0.3, 0.4) is 0 Å². The smallest absolute Gasteiger partial charge is 0.270 e. The number of nitrogens with one attached hydrogen (secondary N) is 1. The van der Waals surface area contributed by atoms with Gasteiger partial charge >= 0.3 is 0 Å². The number of hydrogen-bond donors (Lipinski definition) is 1. The third kappa shape index (κ3) is 3.98. The minimum atomic E-state index is -0.247. The molecule has 1 saturated heterocycles. The number of anilines is 2. The number of nitrogens with zero attached hydrogens (tertiary/aromatic N) is 3. The molecule has 7 heteroatoms. The summed E-state index contributed by atoms with van der Waals surface area (Å²) < 4.78 is 19.2. The SMILES string of the molecule is O=C(NCc1ccco1)c1cc(N2CCN(c3ccccc3F)CC2)ccn1. The second-order valence-corrected chi connectivity index (χ2v) is 6.59. The second kappa shape index (κ2) is 8.12. The minimum Gasteiger partial charge on any atom is -0.467 e. The molecule has 0 unspecified atom stereocenters. The Morgan fingerprint density at radius 3 is 2.61 bits per heavy atom. The van der Waals surface area contributed by atoms with Crippen molar-refractivity contribution in [3.8, 4) is 0 Å². The van der Waals surface area contributed by atoms with Crippen molar-refractivity contribution in [1.82, 2.24) is 10.3 Å². The lowest BCUT2D eigenvalue weighted by Crippen LogP contribution is -2.46. The standard InChI is InChI=1S/C21H21FN4O2/c22-18-5-1-2-6-20(18)26-11-9-25(10-12-26)16-7-8-23-19(14-16)21(27)24-15-17-4-3-13-28-17/h1-8,13-14H,9-12,15H2,(H,24,27). The van der Waals surface area contributed by atoms with Crippen molar-refractivity contribution in [1.29, 1.82) is 0 Å². The second-order valence-electron chi connectivity index (χ2n) is 6.59. The number of piperazine rings is 1. The number of aromatic nitrogens is 1. The zero-order valence-electron chi connectivity index (χ0n) is 15.3. The Morgan fingerprint density at radius 2 is 1.86 bits per heavy atom. The number of carbonyl (C=O) groups is 1. The number of amides is 1. The van der Waals surface area contributed by atoms with Gasteiger partial charge in [-0.3, -0.25) is 9.78 Å². The Kier molecular flexibility index (Phi) is 5.23. The highest BCUT2D eigenvalue weighted by atomic mass is 19.1. The fraction of sp³-hybridized carbons (Fsp3) is 0.238. The van der Waals surface area contributed by atoms with Crippen molar-refractivity contribution in [2.45, 2.75) is 6.54 Å². The van der Waals surface area contributed by atoms with Gasteiger partial charge in [0.25, 0.3) is 5.91 Å². The lowest BCUT2D eigenvalue weighted by Gasteiger charge is -2.37. The molecule has 6 nitrogen and oxygen atoms in total. The molecule has 1 amide bonds. The average Bonchev–Trinajstić information content (AvgIpc) is 3.26. The van der Waals surface area contributed by atoms with E-state index in [0.29, 0.717) is 36.8 Å². The van der Waals surface area contributed by atoms with Gasteiger partial charge in [-0.05, 0) is 36.4 Å². The van der Waals surface area contributed by atoms with E-state index in [1.54, 1.807) is 42.8 Å². The summed E-state index contributed by atoms with van der Waals surface area (Å²) in [6.07, 6.45) is 3.21. The van der Waals surface area contributed by atoms with Crippen LogP contribution in [0.25, 0.3) is 0 Å². The Morgan fingerprint density at radius 1 is 1.07 bits per heavy atom. The fourth-order valence-corrected chi connectivity index (χ4v) is 3.33. The summed E-state index contributed by atoms with van der Waals surface area (Å²) in [5.74, 6) is 0.243. The summed E-state index contributed by atoms with van der Waals surface area (Å²) in [6.45, 7) is 3.23. The first-order valence-electron chi connectivity index (χ1n) is 9.22. The van der Waals surface area contributed by atoms with Gasteiger partial charge in [0, 0.05) is 38.1 Å². The van der Waals surface area contributed by atoms with E-state index in [1.165, 1.54) is 6.07 Å². The molecule has 0 spiro atoms. The van der Waals surface area contributed by atoms with Gasteiger partial charge in [0.1, 0.15) is 17.3 Å². The van der Waals surface area contributed by atoms with Crippen LogP contribution in [0, 0.1) is 5.82 Å². The minimum absolute atomic E-state index is 0.199. The molecular formula is C21H21FN4O2. The molecule has 0 aliphatic carbocycles. The number of furan rings is 1. The molecule has 0 bridgehead atoms. The molecule has 1 aromatic carbocycles. The lowest BCUT2D eigenvalue weighted by molar-refractivity contribution is 0.0943. The normalized spacial score (nSPS) is 14.2. The Balaban J connectivity index is 1.38. The summed E-state index contributed by atoms with van der Waals surface area (Å²) >= 11 is 0. The molecule has 3 aromatic rings. The first-order chi connectivity index (χ1) is 13.7. The summed E-state index contributed by atoms with van der Waals surface area (Å²) in [4.78, 5) is 20.8. The van der Waals surface area contributed by atoms with Crippen molar-refractivity contribution in [3.63, 3.8) is 0 Å². The highest BCUT2D eigenvalue weighted by Crippen LogP contribution is 2.23. The van der Waals surface area contributed by atoms with Crippen LogP contribution in [-0.2, 0) is 6.54 Å². The van der Waals surface area contributed by atoms with Gasteiger partial charge in [-0.1, -0.05) is 12.1 Å². The van der Waals surface area contributed by atoms with Gasteiger partial charge in [-0.25, -0.2) is 4.39 Å². The molecule has 0 atom stereocenters. The van der Waals surface area contributed by atoms with Crippen LogP contribution in [0.4, 0.5) is 15.8 Å². The average molecular weight is 380 g/mol. The molecule has 1 fully saturated rings. The van der Waals surface area contributed by atoms with Crippen LogP contribution in [0.2, 0.25) is 0 Å². The topological polar surface area (TPSA) is 61.6 Å². The predicted octanol–water partition coefficient (Wildman–Crippen LogP) is 3.07. The predicted molar refractivity (Wildman–Crippen MR) is 105 cm³/mol. The summed E-state index contributed by atoms with van der Waals surface area (Å²) in [5, 5.41) is 2.80. The third-order valence-corrected chi connectivity index (χ3v) is 4.82. The molecule has 144 valence electrons. The van der Waals surface area contributed by atoms with Gasteiger partial charge in [-0.2, -0.15) is 0 Å². The van der Waals surface area contributed by atoms with Crippen LogP contribution in [0.1, 0.15) is 16.2 Å². The van der Waals surface area contributed by atoms with E-state index in [4.69, 9.17) is 4.42 Å². The third-order valence-electron chi connectivity index (χ3n) is 4.82. The number of pyridine rings is 1. The van der Waals surface area contributed by atoms with Crippen molar-refractivity contribution >= 4 is 17.3 Å². The van der Waals surface area contributed by atoms with E-state index in [1.807, 2.05) is 17.0 Å². The van der Waals surface area contributed by atoms with Crippen LogP contribution in [-0.4, -0.2) is 37.1 Å². The van der Waals surface area contributed by atoms with Gasteiger partial charge in [-0.15, -0.1) is 0 Å². The number of para-hydroxylation sites is 1. The van der Waals surface area contributed by atoms with E-state index < -0.39 is 0 Å². The van der Waals surface area contributed by atoms with E-state index in [9.17, 15) is 9.18 Å². The molecule has 0 radical (unpaired) electrons. The quantitative estimate of drug-likeness (QED) is 0.737. The van der Waals surface area contributed by atoms with E-state index in [0.717, 1.165) is 18.8 Å². The molecule has 0 saturated carbocycles. The van der Waals surface area contributed by atoms with Gasteiger partial charge in [0.15, 0.2) is 0 Å². The largest absolute Gasteiger partial charge is 0.467 e. The first kappa shape index (κ1) is 18.0. The zero-order chi connectivity index (χ0) is 19.3. The maximum atomic E-state index is 14.0. The Hall–Kier alpha value is -3.35. The molecule has 2 aromatic heterocycles. The van der Waals surface area contributed by atoms with E-state index in [-0.39, 0.29) is 11.7 Å².